The Bertz CT molecular complexity index is 554. The lowest BCUT2D eigenvalue weighted by Crippen LogP contribution is -2.39. The van der Waals surface area contributed by atoms with Crippen molar-refractivity contribution in [3.8, 4) is 0 Å². The van der Waals surface area contributed by atoms with E-state index in [0.29, 0.717) is 5.92 Å². The zero-order valence-corrected chi connectivity index (χ0v) is 14.1. The number of nitrogens with one attached hydrogen (secondary N) is 3. The first-order chi connectivity index (χ1) is 11.0. The summed E-state index contributed by atoms with van der Waals surface area (Å²) in [5, 5.41) is 17.4. The molecule has 2 rings (SSSR count). The average molecular weight is 322 g/mol. The molecule has 3 N–H and O–H groups in total. The maximum absolute atomic E-state index is 12.1. The van der Waals surface area contributed by atoms with Crippen molar-refractivity contribution in [2.75, 3.05) is 19.6 Å². The third-order valence-electron chi connectivity index (χ3n) is 3.75. The Morgan fingerprint density at radius 2 is 2.09 bits per heavy atom. The molecule has 1 aliphatic heterocycles. The van der Waals surface area contributed by atoms with E-state index in [0.717, 1.165) is 44.1 Å². The fraction of sp³-hybridized carbons (Fsp3) is 0.733. The molecule has 2 amide bonds. The molecule has 0 radical (unpaired) electrons. The van der Waals surface area contributed by atoms with E-state index >= 15 is 0 Å². The minimum Gasteiger partial charge on any atom is -0.347 e. The highest BCUT2D eigenvalue weighted by molar-refractivity contribution is 5.83. The highest BCUT2D eigenvalue weighted by Crippen LogP contribution is 2.21. The van der Waals surface area contributed by atoms with Crippen LogP contribution in [0.5, 0.6) is 0 Å². The van der Waals surface area contributed by atoms with E-state index < -0.39 is 0 Å². The lowest BCUT2D eigenvalue weighted by atomic mass is 10.0. The summed E-state index contributed by atoms with van der Waals surface area (Å²) in [7, 11) is 0. The van der Waals surface area contributed by atoms with Gasteiger partial charge in [0, 0.05) is 33.0 Å². The van der Waals surface area contributed by atoms with Gasteiger partial charge in [0.25, 0.3) is 0 Å². The van der Waals surface area contributed by atoms with Gasteiger partial charge in [-0.1, -0.05) is 13.8 Å². The van der Waals surface area contributed by atoms with Gasteiger partial charge in [-0.05, 0) is 12.3 Å². The Morgan fingerprint density at radius 3 is 2.78 bits per heavy atom. The molecule has 0 fully saturated rings. The highest BCUT2D eigenvalue weighted by atomic mass is 16.2. The van der Waals surface area contributed by atoms with Crippen LogP contribution in [0.15, 0.2) is 0 Å². The molecule has 0 aromatic carbocycles. The summed E-state index contributed by atoms with van der Waals surface area (Å²) in [6.45, 7) is 8.14. The van der Waals surface area contributed by atoms with Crippen LogP contribution in [0.2, 0.25) is 0 Å². The van der Waals surface area contributed by atoms with Gasteiger partial charge in [0.15, 0.2) is 5.82 Å². The second kappa shape index (κ2) is 8.05. The topological polar surface area (TPSA) is 101 Å². The van der Waals surface area contributed by atoms with Crippen LogP contribution in [-0.4, -0.2) is 46.2 Å². The molecule has 1 aromatic rings. The van der Waals surface area contributed by atoms with Gasteiger partial charge in [-0.15, -0.1) is 10.2 Å². The lowest BCUT2D eigenvalue weighted by Gasteiger charge is -2.21. The molecule has 0 saturated carbocycles. The molecule has 1 atom stereocenters. The number of rotatable bonds is 6. The molecule has 1 aliphatic rings. The molecule has 0 unspecified atom stereocenters. The Balaban J connectivity index is 2.13. The number of hydrogen-bond acceptors (Lipinski definition) is 5. The maximum Gasteiger partial charge on any atom is 0.239 e. The van der Waals surface area contributed by atoms with Crippen molar-refractivity contribution in [3.63, 3.8) is 0 Å². The van der Waals surface area contributed by atoms with Gasteiger partial charge < -0.3 is 20.5 Å². The smallest absolute Gasteiger partial charge is 0.239 e. The van der Waals surface area contributed by atoms with Crippen molar-refractivity contribution in [3.05, 3.63) is 11.6 Å². The van der Waals surface area contributed by atoms with Crippen LogP contribution < -0.4 is 16.0 Å². The van der Waals surface area contributed by atoms with Crippen LogP contribution in [0.4, 0.5) is 0 Å². The van der Waals surface area contributed by atoms with Crippen LogP contribution in [0, 0.1) is 5.92 Å². The van der Waals surface area contributed by atoms with Crippen molar-refractivity contribution in [2.45, 2.75) is 46.2 Å². The largest absolute Gasteiger partial charge is 0.347 e. The van der Waals surface area contributed by atoms with Gasteiger partial charge in [-0.3, -0.25) is 9.59 Å². The first-order valence-corrected chi connectivity index (χ1v) is 8.14. The number of carbonyl (C=O) groups excluding carboxylic acids is 2. The van der Waals surface area contributed by atoms with Gasteiger partial charge in [0.05, 0.1) is 12.6 Å². The monoisotopic (exact) mass is 322 g/mol. The van der Waals surface area contributed by atoms with Crippen molar-refractivity contribution in [2.24, 2.45) is 5.92 Å². The van der Waals surface area contributed by atoms with Gasteiger partial charge in [0.1, 0.15) is 5.82 Å². The van der Waals surface area contributed by atoms with Crippen molar-refractivity contribution in [1.29, 1.82) is 0 Å². The molecule has 0 saturated heterocycles. The molecule has 8 heteroatoms. The van der Waals surface area contributed by atoms with Crippen LogP contribution in [0.1, 0.15) is 44.9 Å². The molecule has 1 aromatic heterocycles. The van der Waals surface area contributed by atoms with Crippen LogP contribution in [0.3, 0.4) is 0 Å². The minimum absolute atomic E-state index is 0.0214. The molecule has 0 spiro atoms. The fourth-order valence-electron chi connectivity index (χ4n) is 2.70. The second-order valence-electron chi connectivity index (χ2n) is 6.29. The summed E-state index contributed by atoms with van der Waals surface area (Å²) in [4.78, 5) is 23.0. The zero-order valence-electron chi connectivity index (χ0n) is 14.1. The lowest BCUT2D eigenvalue weighted by molar-refractivity contribution is -0.125. The molecular weight excluding hydrogens is 296 g/mol. The van der Waals surface area contributed by atoms with E-state index in [1.807, 2.05) is 0 Å². The Hall–Kier alpha value is -1.96. The maximum atomic E-state index is 12.1. The van der Waals surface area contributed by atoms with Gasteiger partial charge in [-0.25, -0.2) is 0 Å². The number of fused-ring (bicyclic) bond motifs is 1. The van der Waals surface area contributed by atoms with Crippen LogP contribution >= 0.6 is 0 Å². The predicted molar refractivity (Wildman–Crippen MR) is 85.6 cm³/mol. The average Bonchev–Trinajstić information content (AvgIpc) is 2.73. The van der Waals surface area contributed by atoms with Gasteiger partial charge >= 0.3 is 0 Å². The number of carbonyl (C=O) groups is 2. The fourth-order valence-corrected chi connectivity index (χ4v) is 2.70. The standard InChI is InChI=1S/C15H26N6O2/c1-10(2)8-12(18-14(23)9-17-11(3)22)15-20-19-13-4-5-16-6-7-21(13)15/h10,12,16H,4-9H2,1-3H3,(H,17,22)(H,18,23)/t12-/m1/s1. The quantitative estimate of drug-likeness (QED) is 0.671. The van der Waals surface area contributed by atoms with Crippen LogP contribution in [-0.2, 0) is 22.6 Å². The first-order valence-electron chi connectivity index (χ1n) is 8.14. The third kappa shape index (κ3) is 5.02. The summed E-state index contributed by atoms with van der Waals surface area (Å²) >= 11 is 0. The van der Waals surface area contributed by atoms with E-state index in [1.165, 1.54) is 6.92 Å². The van der Waals surface area contributed by atoms with E-state index in [2.05, 4.69) is 44.6 Å². The molecule has 0 aliphatic carbocycles. The SMILES string of the molecule is CC(=O)NCC(=O)N[C@H](CC(C)C)c1nnc2n1CCNCC2. The normalized spacial score (nSPS) is 15.7. The van der Waals surface area contributed by atoms with Crippen molar-refractivity contribution >= 4 is 11.8 Å². The number of aromatic nitrogens is 3. The van der Waals surface area contributed by atoms with E-state index in [1.54, 1.807) is 0 Å². The summed E-state index contributed by atoms with van der Waals surface area (Å²) in [6, 6.07) is -0.199. The second-order valence-corrected chi connectivity index (χ2v) is 6.29. The highest BCUT2D eigenvalue weighted by Gasteiger charge is 2.24. The van der Waals surface area contributed by atoms with Gasteiger partial charge in [0.2, 0.25) is 11.8 Å². The summed E-state index contributed by atoms with van der Waals surface area (Å²) in [5.74, 6) is 1.72. The minimum atomic E-state index is -0.219. The van der Waals surface area contributed by atoms with Gasteiger partial charge in [-0.2, -0.15) is 0 Å². The zero-order chi connectivity index (χ0) is 16.8. The number of hydrogen-bond donors (Lipinski definition) is 3. The predicted octanol–water partition coefficient (Wildman–Crippen LogP) is -0.237. The Labute approximate surface area is 136 Å². The molecule has 8 nitrogen and oxygen atoms in total. The van der Waals surface area contributed by atoms with Crippen LogP contribution in [0.25, 0.3) is 0 Å². The third-order valence-corrected chi connectivity index (χ3v) is 3.75. The number of nitrogens with zero attached hydrogens (tertiary/aromatic N) is 3. The first kappa shape index (κ1) is 17.4. The summed E-state index contributed by atoms with van der Waals surface area (Å²) < 4.78 is 2.10. The van der Waals surface area contributed by atoms with E-state index in [9.17, 15) is 9.59 Å². The van der Waals surface area contributed by atoms with Crippen molar-refractivity contribution < 1.29 is 9.59 Å². The molecular formula is C15H26N6O2. The van der Waals surface area contributed by atoms with E-state index in [-0.39, 0.29) is 24.4 Å². The Morgan fingerprint density at radius 1 is 1.30 bits per heavy atom. The molecule has 23 heavy (non-hydrogen) atoms. The Kier molecular flexibility index (Phi) is 6.09. The van der Waals surface area contributed by atoms with E-state index in [4.69, 9.17) is 0 Å². The van der Waals surface area contributed by atoms with Crippen molar-refractivity contribution in [1.82, 2.24) is 30.7 Å². The summed E-state index contributed by atoms with van der Waals surface area (Å²) in [6.07, 6.45) is 1.61. The summed E-state index contributed by atoms with van der Waals surface area (Å²) in [5.41, 5.74) is 0. The number of amides is 2. The molecule has 2 heterocycles. The molecule has 0 bridgehead atoms. The molecule has 128 valence electrons.